The molecule has 3 unspecified atom stereocenters. The minimum absolute atomic E-state index is 0. The van der Waals surface area contributed by atoms with Gasteiger partial charge in [-0.1, -0.05) is 40.5 Å². The SMILES string of the molecule is CC.CC.CC(=O)C1CC2CCCCC2N1.I. The Morgan fingerprint density at radius 1 is 1.06 bits per heavy atom. The summed E-state index contributed by atoms with van der Waals surface area (Å²) in [7, 11) is 0. The lowest BCUT2D eigenvalue weighted by Gasteiger charge is -2.24. The van der Waals surface area contributed by atoms with Crippen molar-refractivity contribution in [2.45, 2.75) is 78.8 Å². The Morgan fingerprint density at radius 2 is 1.59 bits per heavy atom. The van der Waals surface area contributed by atoms with Crippen molar-refractivity contribution < 1.29 is 4.79 Å². The summed E-state index contributed by atoms with van der Waals surface area (Å²) in [6.45, 7) is 9.70. The first-order chi connectivity index (χ1) is 7.77. The molecule has 17 heavy (non-hydrogen) atoms. The van der Waals surface area contributed by atoms with Crippen LogP contribution in [0.3, 0.4) is 0 Å². The fourth-order valence-electron chi connectivity index (χ4n) is 2.62. The van der Waals surface area contributed by atoms with E-state index in [0.717, 1.165) is 12.3 Å². The number of halogens is 1. The molecule has 1 heterocycles. The molecule has 0 spiro atoms. The van der Waals surface area contributed by atoms with Crippen molar-refractivity contribution in [3.05, 3.63) is 0 Å². The third-order valence-corrected chi connectivity index (χ3v) is 3.35. The highest BCUT2D eigenvalue weighted by molar-refractivity contribution is 14.0. The highest BCUT2D eigenvalue weighted by Crippen LogP contribution is 2.33. The molecule has 0 radical (unpaired) electrons. The molecule has 0 bridgehead atoms. The maximum Gasteiger partial charge on any atom is 0.146 e. The van der Waals surface area contributed by atoms with Gasteiger partial charge in [0.1, 0.15) is 5.78 Å². The predicted molar refractivity (Wildman–Crippen MR) is 86.1 cm³/mol. The minimum Gasteiger partial charge on any atom is -0.304 e. The zero-order chi connectivity index (χ0) is 12.6. The van der Waals surface area contributed by atoms with E-state index in [1.54, 1.807) is 6.92 Å². The molecule has 0 aromatic rings. The molecule has 1 saturated carbocycles. The van der Waals surface area contributed by atoms with Crippen LogP contribution in [-0.4, -0.2) is 17.9 Å². The number of hydrogen-bond acceptors (Lipinski definition) is 2. The first kappa shape index (κ1) is 19.7. The summed E-state index contributed by atoms with van der Waals surface area (Å²) in [5.41, 5.74) is 0. The smallest absolute Gasteiger partial charge is 0.146 e. The Hall–Kier alpha value is 0.360. The molecule has 2 fully saturated rings. The fraction of sp³-hybridized carbons (Fsp3) is 0.929. The monoisotopic (exact) mass is 355 g/mol. The van der Waals surface area contributed by atoms with Gasteiger partial charge in [-0.25, -0.2) is 0 Å². The molecule has 2 rings (SSSR count). The molecule has 1 aliphatic heterocycles. The summed E-state index contributed by atoms with van der Waals surface area (Å²) in [6, 6.07) is 0.839. The van der Waals surface area contributed by atoms with E-state index in [0.29, 0.717) is 11.8 Å². The van der Waals surface area contributed by atoms with Gasteiger partial charge in [0.25, 0.3) is 0 Å². The summed E-state index contributed by atoms with van der Waals surface area (Å²) < 4.78 is 0. The maximum atomic E-state index is 11.1. The Bertz CT molecular complexity index is 183. The van der Waals surface area contributed by atoms with Gasteiger partial charge >= 0.3 is 0 Å². The van der Waals surface area contributed by atoms with E-state index < -0.39 is 0 Å². The maximum absolute atomic E-state index is 11.1. The number of carbonyl (C=O) groups excluding carboxylic acids is 1. The minimum atomic E-state index is 0. The first-order valence-corrected chi connectivity index (χ1v) is 7.04. The fourth-order valence-corrected chi connectivity index (χ4v) is 2.62. The molecule has 1 aliphatic carbocycles. The van der Waals surface area contributed by atoms with Gasteiger partial charge in [0, 0.05) is 6.04 Å². The molecule has 3 heteroatoms. The molecule has 2 nitrogen and oxygen atoms in total. The van der Waals surface area contributed by atoms with Crippen molar-refractivity contribution in [2.24, 2.45) is 5.92 Å². The van der Waals surface area contributed by atoms with Gasteiger partial charge in [-0.3, -0.25) is 4.79 Å². The quantitative estimate of drug-likeness (QED) is 0.716. The van der Waals surface area contributed by atoms with Crippen LogP contribution in [0.25, 0.3) is 0 Å². The van der Waals surface area contributed by atoms with Crippen LogP contribution in [0, 0.1) is 5.92 Å². The Labute approximate surface area is 124 Å². The molecule has 1 N–H and O–H groups in total. The van der Waals surface area contributed by atoms with Crippen LogP contribution in [0.15, 0.2) is 0 Å². The zero-order valence-corrected chi connectivity index (χ0v) is 14.4. The molecule has 104 valence electrons. The van der Waals surface area contributed by atoms with Crippen molar-refractivity contribution in [3.63, 3.8) is 0 Å². The molecular formula is C14H30INO. The lowest BCUT2D eigenvalue weighted by Crippen LogP contribution is -2.36. The summed E-state index contributed by atoms with van der Waals surface area (Å²) in [5.74, 6) is 1.12. The normalized spacial score (nSPS) is 29.6. The number of nitrogens with one attached hydrogen (secondary N) is 1. The van der Waals surface area contributed by atoms with Crippen molar-refractivity contribution in [3.8, 4) is 0 Å². The van der Waals surface area contributed by atoms with Gasteiger partial charge < -0.3 is 5.32 Å². The summed E-state index contributed by atoms with van der Waals surface area (Å²) in [6.07, 6.45) is 6.43. The second kappa shape index (κ2) is 11.5. The summed E-state index contributed by atoms with van der Waals surface area (Å²) in [4.78, 5) is 11.1. The molecule has 2 aliphatic rings. The third-order valence-electron chi connectivity index (χ3n) is 3.35. The Balaban J connectivity index is 0. The first-order valence-electron chi connectivity index (χ1n) is 7.04. The lowest BCUT2D eigenvalue weighted by atomic mass is 9.85. The predicted octanol–water partition coefficient (Wildman–Crippen LogP) is 4.17. The molecule has 0 aromatic carbocycles. The number of ketones is 1. The topological polar surface area (TPSA) is 29.1 Å². The number of Topliss-reactive ketones (excluding diaryl/α,β-unsaturated/α-hetero) is 1. The molecule has 0 amide bonds. The highest BCUT2D eigenvalue weighted by Gasteiger charge is 2.36. The van der Waals surface area contributed by atoms with Gasteiger partial charge in [-0.2, -0.15) is 0 Å². The number of hydrogen-bond donors (Lipinski definition) is 1. The molecule has 0 aromatic heterocycles. The van der Waals surface area contributed by atoms with Gasteiger partial charge in [0.05, 0.1) is 6.04 Å². The average Bonchev–Trinajstić information content (AvgIpc) is 2.78. The van der Waals surface area contributed by atoms with E-state index in [9.17, 15) is 4.79 Å². The van der Waals surface area contributed by atoms with E-state index in [-0.39, 0.29) is 30.0 Å². The average molecular weight is 355 g/mol. The molecular weight excluding hydrogens is 325 g/mol. The van der Waals surface area contributed by atoms with E-state index >= 15 is 0 Å². The standard InChI is InChI=1S/C10H17NO.2C2H6.HI/c1-7(12)10-6-8-4-2-3-5-9(8)11-10;2*1-2;/h8-11H,2-6H2,1H3;2*1-2H3;1H. The zero-order valence-electron chi connectivity index (χ0n) is 12.1. The van der Waals surface area contributed by atoms with Crippen LogP contribution in [0.5, 0.6) is 0 Å². The second-order valence-electron chi connectivity index (χ2n) is 4.22. The van der Waals surface area contributed by atoms with Gasteiger partial charge in [0.2, 0.25) is 0 Å². The number of carbonyl (C=O) groups is 1. The largest absolute Gasteiger partial charge is 0.304 e. The van der Waals surface area contributed by atoms with Gasteiger partial charge in [-0.05, 0) is 32.1 Å². The molecule has 3 atom stereocenters. The number of rotatable bonds is 1. The van der Waals surface area contributed by atoms with E-state index in [1.165, 1.54) is 25.7 Å². The van der Waals surface area contributed by atoms with Crippen LogP contribution in [-0.2, 0) is 4.79 Å². The third kappa shape index (κ3) is 6.18. The van der Waals surface area contributed by atoms with Gasteiger partial charge in [0.15, 0.2) is 0 Å². The Kier molecular flexibility index (Phi) is 13.3. The Morgan fingerprint density at radius 3 is 2.06 bits per heavy atom. The second-order valence-corrected chi connectivity index (χ2v) is 4.22. The van der Waals surface area contributed by atoms with E-state index in [1.807, 2.05) is 27.7 Å². The highest BCUT2D eigenvalue weighted by atomic mass is 127. The molecule has 1 saturated heterocycles. The van der Waals surface area contributed by atoms with E-state index in [2.05, 4.69) is 5.32 Å². The van der Waals surface area contributed by atoms with Gasteiger partial charge in [-0.15, -0.1) is 24.0 Å². The van der Waals surface area contributed by atoms with Crippen molar-refractivity contribution in [2.75, 3.05) is 0 Å². The van der Waals surface area contributed by atoms with Crippen molar-refractivity contribution >= 4 is 29.8 Å². The lowest BCUT2D eigenvalue weighted by molar-refractivity contribution is -0.118. The van der Waals surface area contributed by atoms with Crippen LogP contribution < -0.4 is 5.32 Å². The number of fused-ring (bicyclic) bond motifs is 1. The van der Waals surface area contributed by atoms with Crippen LogP contribution >= 0.6 is 24.0 Å². The van der Waals surface area contributed by atoms with Crippen LogP contribution in [0.4, 0.5) is 0 Å². The van der Waals surface area contributed by atoms with Crippen molar-refractivity contribution in [1.82, 2.24) is 5.32 Å². The summed E-state index contributed by atoms with van der Waals surface area (Å²) in [5, 5.41) is 3.44. The van der Waals surface area contributed by atoms with Crippen molar-refractivity contribution in [1.29, 1.82) is 0 Å². The van der Waals surface area contributed by atoms with Crippen LogP contribution in [0.2, 0.25) is 0 Å². The summed E-state index contributed by atoms with van der Waals surface area (Å²) >= 11 is 0. The van der Waals surface area contributed by atoms with E-state index in [4.69, 9.17) is 0 Å². The van der Waals surface area contributed by atoms with Crippen LogP contribution in [0.1, 0.15) is 66.7 Å².